The lowest BCUT2D eigenvalue weighted by Crippen LogP contribution is -2.03. The Kier molecular flexibility index (Phi) is 2.98. The van der Waals surface area contributed by atoms with Crippen molar-refractivity contribution in [3.05, 3.63) is 58.8 Å². The van der Waals surface area contributed by atoms with Gasteiger partial charge in [-0.25, -0.2) is 13.8 Å². The smallest absolute Gasteiger partial charge is 0.265 e. The van der Waals surface area contributed by atoms with Crippen molar-refractivity contribution in [2.45, 2.75) is 6.43 Å². The molecule has 1 N–H and O–H groups in total. The first-order valence-electron chi connectivity index (χ1n) is 5.86. The predicted octanol–water partition coefficient (Wildman–Crippen LogP) is 2.92. The Labute approximate surface area is 112 Å². The van der Waals surface area contributed by atoms with Gasteiger partial charge in [-0.15, -0.1) is 0 Å². The van der Waals surface area contributed by atoms with E-state index in [4.69, 9.17) is 0 Å². The molecule has 4 nitrogen and oxygen atoms in total. The maximum absolute atomic E-state index is 12.7. The van der Waals surface area contributed by atoms with Crippen LogP contribution in [0, 0.1) is 0 Å². The summed E-state index contributed by atoms with van der Waals surface area (Å²) in [5, 5.41) is 0.726. The Morgan fingerprint density at radius 3 is 2.65 bits per heavy atom. The molecular formula is C14H9F2N3O. The first-order chi connectivity index (χ1) is 9.63. The molecule has 0 atom stereocenters. The molecule has 6 heteroatoms. The van der Waals surface area contributed by atoms with E-state index in [1.54, 1.807) is 12.1 Å². The summed E-state index contributed by atoms with van der Waals surface area (Å²) in [4.78, 5) is 21.7. The van der Waals surface area contributed by atoms with Gasteiger partial charge >= 0.3 is 0 Å². The second kappa shape index (κ2) is 4.80. The largest absolute Gasteiger partial charge is 0.307 e. The van der Waals surface area contributed by atoms with Gasteiger partial charge in [-0.3, -0.25) is 9.78 Å². The molecule has 3 aromatic rings. The Morgan fingerprint density at radius 1 is 1.05 bits per heavy atom. The Bertz CT molecular complexity index is 830. The number of aromatic amines is 1. The molecule has 0 unspecified atom stereocenters. The second-order valence-electron chi connectivity index (χ2n) is 4.29. The highest BCUT2D eigenvalue weighted by molar-refractivity contribution is 5.80. The summed E-state index contributed by atoms with van der Waals surface area (Å²) < 4.78 is 25.3. The molecule has 3 heterocycles. The highest BCUT2D eigenvalue weighted by atomic mass is 19.3. The van der Waals surface area contributed by atoms with Crippen LogP contribution in [-0.4, -0.2) is 15.0 Å². The molecule has 0 amide bonds. The SMILES string of the molecule is O=c1ccc2cc(-c3cncc(C(F)F)c3)cnc2[nH]1. The maximum Gasteiger partial charge on any atom is 0.265 e. The number of hydrogen-bond donors (Lipinski definition) is 1. The van der Waals surface area contributed by atoms with Gasteiger partial charge in [0, 0.05) is 46.7 Å². The fourth-order valence-corrected chi connectivity index (χ4v) is 1.93. The molecular weight excluding hydrogens is 264 g/mol. The standard InChI is InChI=1S/C14H9F2N3O/c15-13(16)11-4-9(5-17-6-11)10-3-8-1-2-12(20)19-14(8)18-7-10/h1-7,13H,(H,18,19,20). The van der Waals surface area contributed by atoms with Gasteiger partial charge in [0.05, 0.1) is 0 Å². The number of alkyl halides is 2. The van der Waals surface area contributed by atoms with Crippen LogP contribution >= 0.6 is 0 Å². The van der Waals surface area contributed by atoms with E-state index >= 15 is 0 Å². The highest BCUT2D eigenvalue weighted by Crippen LogP contribution is 2.25. The molecule has 0 spiro atoms. The summed E-state index contributed by atoms with van der Waals surface area (Å²) in [6.45, 7) is 0. The summed E-state index contributed by atoms with van der Waals surface area (Å²) in [5.74, 6) is 0. The van der Waals surface area contributed by atoms with Crippen LogP contribution < -0.4 is 5.56 Å². The summed E-state index contributed by atoms with van der Waals surface area (Å²) in [6, 6.07) is 6.17. The number of nitrogens with one attached hydrogen (secondary N) is 1. The Hall–Kier alpha value is -2.63. The first kappa shape index (κ1) is 12.4. The van der Waals surface area contributed by atoms with E-state index in [0.717, 1.165) is 11.6 Å². The number of H-pyrrole nitrogens is 1. The number of fused-ring (bicyclic) bond motifs is 1. The van der Waals surface area contributed by atoms with Gasteiger partial charge in [0.2, 0.25) is 5.56 Å². The number of halogens is 2. The van der Waals surface area contributed by atoms with Crippen LogP contribution in [0.25, 0.3) is 22.2 Å². The minimum atomic E-state index is -2.56. The van der Waals surface area contributed by atoms with Gasteiger partial charge < -0.3 is 4.98 Å². The quantitative estimate of drug-likeness (QED) is 0.781. The fourth-order valence-electron chi connectivity index (χ4n) is 1.93. The van der Waals surface area contributed by atoms with E-state index in [1.165, 1.54) is 24.5 Å². The van der Waals surface area contributed by atoms with Crippen LogP contribution in [0.5, 0.6) is 0 Å². The highest BCUT2D eigenvalue weighted by Gasteiger charge is 2.09. The number of rotatable bonds is 2. The molecule has 0 aromatic carbocycles. The van der Waals surface area contributed by atoms with E-state index < -0.39 is 6.43 Å². The van der Waals surface area contributed by atoms with Crippen LogP contribution in [0.4, 0.5) is 8.78 Å². The third-order valence-electron chi connectivity index (χ3n) is 2.92. The van der Waals surface area contributed by atoms with Gasteiger partial charge in [-0.05, 0) is 18.2 Å². The van der Waals surface area contributed by atoms with Gasteiger partial charge in [0.1, 0.15) is 5.65 Å². The molecule has 0 bridgehead atoms. The molecule has 0 fully saturated rings. The van der Waals surface area contributed by atoms with Crippen molar-refractivity contribution in [1.82, 2.24) is 15.0 Å². The average Bonchev–Trinajstić information content (AvgIpc) is 2.47. The van der Waals surface area contributed by atoms with Crippen LogP contribution in [0.2, 0.25) is 0 Å². The van der Waals surface area contributed by atoms with Gasteiger partial charge in [0.25, 0.3) is 6.43 Å². The van der Waals surface area contributed by atoms with E-state index in [9.17, 15) is 13.6 Å². The number of aromatic nitrogens is 3. The summed E-state index contributed by atoms with van der Waals surface area (Å²) >= 11 is 0. The Morgan fingerprint density at radius 2 is 1.85 bits per heavy atom. The molecule has 0 aliphatic carbocycles. The van der Waals surface area contributed by atoms with Crippen molar-refractivity contribution >= 4 is 11.0 Å². The summed E-state index contributed by atoms with van der Waals surface area (Å²) in [5.41, 5.74) is 1.31. The molecule has 0 aliphatic rings. The molecule has 0 radical (unpaired) electrons. The number of pyridine rings is 3. The van der Waals surface area contributed by atoms with E-state index in [-0.39, 0.29) is 11.1 Å². The number of nitrogens with zero attached hydrogens (tertiary/aromatic N) is 2. The van der Waals surface area contributed by atoms with E-state index in [1.807, 2.05) is 0 Å². The van der Waals surface area contributed by atoms with Gasteiger partial charge in [0.15, 0.2) is 0 Å². The third kappa shape index (κ3) is 2.27. The third-order valence-corrected chi connectivity index (χ3v) is 2.92. The minimum Gasteiger partial charge on any atom is -0.307 e. The fraction of sp³-hybridized carbons (Fsp3) is 0.0714. The molecule has 3 rings (SSSR count). The van der Waals surface area contributed by atoms with Gasteiger partial charge in [-0.2, -0.15) is 0 Å². The summed E-state index contributed by atoms with van der Waals surface area (Å²) in [7, 11) is 0. The Balaban J connectivity index is 2.12. The van der Waals surface area contributed by atoms with Crippen molar-refractivity contribution in [3.63, 3.8) is 0 Å². The van der Waals surface area contributed by atoms with Crippen LogP contribution in [-0.2, 0) is 0 Å². The van der Waals surface area contributed by atoms with E-state index in [0.29, 0.717) is 16.8 Å². The van der Waals surface area contributed by atoms with Crippen molar-refractivity contribution < 1.29 is 8.78 Å². The van der Waals surface area contributed by atoms with E-state index in [2.05, 4.69) is 15.0 Å². The van der Waals surface area contributed by atoms with Crippen LogP contribution in [0.3, 0.4) is 0 Å². The van der Waals surface area contributed by atoms with Crippen molar-refractivity contribution in [2.24, 2.45) is 0 Å². The predicted molar refractivity (Wildman–Crippen MR) is 70.6 cm³/mol. The monoisotopic (exact) mass is 273 g/mol. The van der Waals surface area contributed by atoms with Crippen molar-refractivity contribution in [1.29, 1.82) is 0 Å². The zero-order valence-electron chi connectivity index (χ0n) is 10.2. The normalized spacial score (nSPS) is 11.2. The van der Waals surface area contributed by atoms with Crippen LogP contribution in [0.15, 0.2) is 47.7 Å². The van der Waals surface area contributed by atoms with Gasteiger partial charge in [-0.1, -0.05) is 0 Å². The lowest BCUT2D eigenvalue weighted by Gasteiger charge is -2.05. The van der Waals surface area contributed by atoms with Crippen molar-refractivity contribution in [2.75, 3.05) is 0 Å². The molecule has 0 aliphatic heterocycles. The lowest BCUT2D eigenvalue weighted by molar-refractivity contribution is 0.151. The zero-order valence-corrected chi connectivity index (χ0v) is 10.2. The second-order valence-corrected chi connectivity index (χ2v) is 4.29. The number of hydrogen-bond acceptors (Lipinski definition) is 3. The minimum absolute atomic E-state index is 0.135. The van der Waals surface area contributed by atoms with Crippen LogP contribution in [0.1, 0.15) is 12.0 Å². The molecule has 0 saturated heterocycles. The van der Waals surface area contributed by atoms with Crippen molar-refractivity contribution in [3.8, 4) is 11.1 Å². The molecule has 0 saturated carbocycles. The topological polar surface area (TPSA) is 58.6 Å². The maximum atomic E-state index is 12.7. The molecule has 100 valence electrons. The summed E-state index contributed by atoms with van der Waals surface area (Å²) in [6.07, 6.45) is 1.60. The molecule has 3 aromatic heterocycles. The molecule has 20 heavy (non-hydrogen) atoms. The first-order valence-corrected chi connectivity index (χ1v) is 5.86. The average molecular weight is 273 g/mol. The lowest BCUT2D eigenvalue weighted by atomic mass is 10.1. The zero-order chi connectivity index (χ0) is 14.1.